The van der Waals surface area contributed by atoms with Gasteiger partial charge in [-0.15, -0.1) is 5.06 Å². The van der Waals surface area contributed by atoms with Crippen molar-refractivity contribution in [3.63, 3.8) is 0 Å². The smallest absolute Gasteiger partial charge is 0.351 e. The number of carbonyl (C=O) groups excluding carboxylic acids is 2. The molecule has 12 nitrogen and oxygen atoms in total. The Morgan fingerprint density at radius 2 is 1.64 bits per heavy atom. The zero-order chi connectivity index (χ0) is 34.0. The fraction of sp³-hybridized carbons (Fsp3) is 0.526. The maximum Gasteiger partial charge on any atom is 0.426 e. The van der Waals surface area contributed by atoms with E-state index in [4.69, 9.17) is 4.84 Å². The van der Waals surface area contributed by atoms with Crippen LogP contribution in [-0.4, -0.2) is 106 Å². The molecule has 3 saturated heterocycles. The molecule has 0 radical (unpaired) electrons. The van der Waals surface area contributed by atoms with Gasteiger partial charge < -0.3 is 25.4 Å². The van der Waals surface area contributed by atoms with E-state index in [1.807, 2.05) is 29.2 Å². The molecule has 2 amide bonds. The van der Waals surface area contributed by atoms with Gasteiger partial charge in [-0.25, -0.2) is 9.59 Å². The van der Waals surface area contributed by atoms with Crippen molar-refractivity contribution in [2.75, 3.05) is 52.4 Å². The second-order valence-corrected chi connectivity index (χ2v) is 14.4. The molecule has 3 N–H and O–H groups in total. The number of carbonyl (C=O) groups is 2. The second kappa shape index (κ2) is 14.5. The molecule has 264 valence electrons. The first-order chi connectivity index (χ1) is 24.5. The molecule has 0 spiro atoms. The normalized spacial score (nSPS) is 20.5. The SMILES string of the molecule is O=C(N[C@H](Cc1ccc2c(c1)CCCC2)C(=O)N1CCC(N2CCNCC2)CC1)ON1CCC(n2c(=O)[nH]c3c4ccccc4ncc32)CC1. The molecule has 1 aliphatic carbocycles. The van der Waals surface area contributed by atoms with E-state index in [1.54, 1.807) is 15.8 Å². The third-order valence-electron chi connectivity index (χ3n) is 11.4. The van der Waals surface area contributed by atoms with Crippen LogP contribution in [0.5, 0.6) is 0 Å². The largest absolute Gasteiger partial charge is 0.426 e. The fourth-order valence-electron chi connectivity index (χ4n) is 8.63. The lowest BCUT2D eigenvalue weighted by atomic mass is 9.89. The number of pyridine rings is 1. The highest BCUT2D eigenvalue weighted by atomic mass is 16.7. The van der Waals surface area contributed by atoms with E-state index in [-0.39, 0.29) is 17.6 Å². The maximum absolute atomic E-state index is 14.1. The van der Waals surface area contributed by atoms with Gasteiger partial charge in [0, 0.05) is 76.2 Å². The number of para-hydroxylation sites is 1. The van der Waals surface area contributed by atoms with Crippen LogP contribution in [0.3, 0.4) is 0 Å². The van der Waals surface area contributed by atoms with Crippen molar-refractivity contribution in [1.82, 2.24) is 40.0 Å². The Labute approximate surface area is 292 Å². The number of nitrogens with zero attached hydrogens (tertiary/aromatic N) is 5. The van der Waals surface area contributed by atoms with Gasteiger partial charge in [-0.05, 0) is 74.1 Å². The van der Waals surface area contributed by atoms with E-state index >= 15 is 0 Å². The zero-order valence-electron chi connectivity index (χ0n) is 28.7. The minimum absolute atomic E-state index is 0.0445. The van der Waals surface area contributed by atoms with Crippen molar-refractivity contribution in [1.29, 1.82) is 0 Å². The molecule has 4 aromatic rings. The van der Waals surface area contributed by atoms with Crippen molar-refractivity contribution in [2.45, 2.75) is 75.9 Å². The van der Waals surface area contributed by atoms with E-state index in [1.165, 1.54) is 24.0 Å². The molecule has 0 saturated carbocycles. The number of rotatable bonds is 7. The summed E-state index contributed by atoms with van der Waals surface area (Å²) in [4.78, 5) is 58.5. The summed E-state index contributed by atoms with van der Waals surface area (Å²) in [5, 5.41) is 8.97. The summed E-state index contributed by atoms with van der Waals surface area (Å²) < 4.78 is 1.80. The van der Waals surface area contributed by atoms with Crippen LogP contribution in [0.15, 0.2) is 53.5 Å². The van der Waals surface area contributed by atoms with Crippen LogP contribution in [0, 0.1) is 0 Å². The zero-order valence-corrected chi connectivity index (χ0v) is 28.7. The number of piperidine rings is 2. The number of likely N-dealkylation sites (tertiary alicyclic amines) is 1. The molecule has 3 aliphatic heterocycles. The molecular formula is C38H48N8O4. The minimum atomic E-state index is -0.718. The molecule has 3 fully saturated rings. The Bertz CT molecular complexity index is 1900. The number of aryl methyl sites for hydroxylation is 2. The van der Waals surface area contributed by atoms with Gasteiger partial charge in [0.15, 0.2) is 0 Å². The van der Waals surface area contributed by atoms with Crippen molar-refractivity contribution in [3.8, 4) is 0 Å². The van der Waals surface area contributed by atoms with Crippen molar-refractivity contribution < 1.29 is 14.4 Å². The van der Waals surface area contributed by atoms with Crippen molar-refractivity contribution >= 4 is 33.9 Å². The van der Waals surface area contributed by atoms with E-state index in [0.29, 0.717) is 51.5 Å². The number of hydrogen-bond acceptors (Lipinski definition) is 8. The van der Waals surface area contributed by atoms with Gasteiger partial charge in [0.25, 0.3) is 0 Å². The Hall–Kier alpha value is -4.26. The highest BCUT2D eigenvalue weighted by Crippen LogP contribution is 2.28. The molecule has 1 atom stereocenters. The molecule has 0 bridgehead atoms. The second-order valence-electron chi connectivity index (χ2n) is 14.4. The number of hydrogen-bond donors (Lipinski definition) is 3. The predicted molar refractivity (Wildman–Crippen MR) is 192 cm³/mol. The van der Waals surface area contributed by atoms with Gasteiger partial charge in [0.2, 0.25) is 5.91 Å². The average Bonchev–Trinajstić information content (AvgIpc) is 3.51. The third kappa shape index (κ3) is 6.88. The lowest BCUT2D eigenvalue weighted by Gasteiger charge is -2.41. The van der Waals surface area contributed by atoms with Crippen LogP contribution >= 0.6 is 0 Å². The number of piperazine rings is 1. The number of nitrogens with one attached hydrogen (secondary N) is 3. The monoisotopic (exact) mass is 680 g/mol. The van der Waals surface area contributed by atoms with Gasteiger partial charge in [-0.3, -0.25) is 19.2 Å². The first-order valence-corrected chi connectivity index (χ1v) is 18.6. The number of fused-ring (bicyclic) bond motifs is 4. The quantitative estimate of drug-likeness (QED) is 0.271. The van der Waals surface area contributed by atoms with E-state index in [2.05, 4.69) is 43.7 Å². The minimum Gasteiger partial charge on any atom is -0.351 e. The van der Waals surface area contributed by atoms with Gasteiger partial charge >= 0.3 is 11.8 Å². The summed E-state index contributed by atoms with van der Waals surface area (Å²) in [5.74, 6) is -0.0445. The van der Waals surface area contributed by atoms with Gasteiger partial charge in [-0.2, -0.15) is 0 Å². The third-order valence-corrected chi connectivity index (χ3v) is 11.4. The molecule has 2 aromatic carbocycles. The molecule has 5 heterocycles. The number of hydroxylamine groups is 2. The summed E-state index contributed by atoms with van der Waals surface area (Å²) in [6.07, 6.45) is 9.29. The average molecular weight is 681 g/mol. The molecule has 50 heavy (non-hydrogen) atoms. The predicted octanol–water partition coefficient (Wildman–Crippen LogP) is 3.54. The highest BCUT2D eigenvalue weighted by molar-refractivity contribution is 6.01. The number of H-pyrrole nitrogens is 1. The molecule has 12 heteroatoms. The van der Waals surface area contributed by atoms with Gasteiger partial charge in [0.05, 0.1) is 22.7 Å². The van der Waals surface area contributed by atoms with E-state index in [0.717, 1.165) is 79.4 Å². The fourth-order valence-corrected chi connectivity index (χ4v) is 8.63. The molecule has 0 unspecified atom stereocenters. The first-order valence-electron chi connectivity index (χ1n) is 18.6. The summed E-state index contributed by atoms with van der Waals surface area (Å²) in [6, 6.07) is 14.1. The molecule has 8 rings (SSSR count). The van der Waals surface area contributed by atoms with Gasteiger partial charge in [-0.1, -0.05) is 36.4 Å². The Balaban J connectivity index is 0.919. The standard InChI is InChI=1S/C38H48N8O4/c47-36(44-17-11-29(12-18-44)43-21-15-39-16-22-43)33(24-26-9-10-27-5-1-2-6-28(27)23-26)41-38(49)50-45-19-13-30(14-20-45)46-34-25-40-32-8-4-3-7-31(32)35(34)42-37(46)48/h3-4,7-10,23,25,29-30,33,39H,1-2,5-6,11-22,24H2,(H,41,49)(H,42,48)/t33-/m1/s1. The Morgan fingerprint density at radius 1 is 0.900 bits per heavy atom. The Morgan fingerprint density at radius 3 is 2.44 bits per heavy atom. The van der Waals surface area contributed by atoms with E-state index < -0.39 is 12.1 Å². The Kier molecular flexibility index (Phi) is 9.57. The van der Waals surface area contributed by atoms with Crippen LogP contribution < -0.4 is 16.3 Å². The first kappa shape index (κ1) is 32.9. The van der Waals surface area contributed by atoms with Crippen LogP contribution in [0.1, 0.15) is 61.3 Å². The topological polar surface area (TPSA) is 128 Å². The molecule has 2 aromatic heterocycles. The number of amides is 2. The number of benzene rings is 2. The maximum atomic E-state index is 14.1. The number of aromatic amines is 1. The summed E-state index contributed by atoms with van der Waals surface area (Å²) >= 11 is 0. The highest BCUT2D eigenvalue weighted by Gasteiger charge is 2.33. The number of aromatic nitrogens is 3. The number of imidazole rings is 1. The van der Waals surface area contributed by atoms with Crippen LogP contribution in [0.4, 0.5) is 4.79 Å². The van der Waals surface area contributed by atoms with Crippen molar-refractivity contribution in [2.24, 2.45) is 0 Å². The lowest BCUT2D eigenvalue weighted by Crippen LogP contribution is -2.56. The van der Waals surface area contributed by atoms with E-state index in [9.17, 15) is 14.4 Å². The summed E-state index contributed by atoms with van der Waals surface area (Å²) in [5.41, 5.74) is 6.08. The van der Waals surface area contributed by atoms with Crippen molar-refractivity contribution in [3.05, 3.63) is 75.8 Å². The lowest BCUT2D eigenvalue weighted by molar-refractivity contribution is -0.137. The summed E-state index contributed by atoms with van der Waals surface area (Å²) in [7, 11) is 0. The molecular weight excluding hydrogens is 632 g/mol. The molecule has 4 aliphatic rings. The summed E-state index contributed by atoms with van der Waals surface area (Å²) in [6.45, 7) is 6.47. The van der Waals surface area contributed by atoms with Crippen LogP contribution in [0.2, 0.25) is 0 Å². The van der Waals surface area contributed by atoms with Crippen LogP contribution in [0.25, 0.3) is 21.9 Å². The van der Waals surface area contributed by atoms with Crippen LogP contribution in [-0.2, 0) is 28.9 Å². The van der Waals surface area contributed by atoms with Gasteiger partial charge in [0.1, 0.15) is 6.04 Å².